The van der Waals surface area contributed by atoms with Crippen LogP contribution >= 0.6 is 0 Å². The summed E-state index contributed by atoms with van der Waals surface area (Å²) in [7, 11) is 0. The van der Waals surface area contributed by atoms with E-state index in [2.05, 4.69) is 15.6 Å². The lowest BCUT2D eigenvalue weighted by atomic mass is 10.1. The number of amides is 3. The number of hydrogen-bond acceptors (Lipinski definition) is 4. The van der Waals surface area contributed by atoms with Gasteiger partial charge in [-0.1, -0.05) is 12.1 Å². The molecule has 1 aromatic heterocycles. The number of carboxylic acids is 1. The Morgan fingerprint density at radius 3 is 2.32 bits per heavy atom. The predicted molar refractivity (Wildman–Crippen MR) is 105 cm³/mol. The average molecular weight is 384 g/mol. The van der Waals surface area contributed by atoms with E-state index in [1.807, 2.05) is 32.9 Å². The summed E-state index contributed by atoms with van der Waals surface area (Å²) >= 11 is 0. The molecule has 1 aromatic carbocycles. The van der Waals surface area contributed by atoms with Gasteiger partial charge in [0.2, 0.25) is 0 Å². The standard InChI is InChI=1S/C20H24N4O4/c1-4-24(5-2)20(28)23-16-8-6-14(7-9-16)13(3)22-18(25)17-12-15(19(26)27)10-11-21-17/h6-13H,4-5H2,1-3H3,(H,22,25)(H,23,28)(H,26,27). The summed E-state index contributed by atoms with van der Waals surface area (Å²) in [4.78, 5) is 41.0. The fourth-order valence-corrected chi connectivity index (χ4v) is 2.61. The van der Waals surface area contributed by atoms with E-state index in [1.54, 1.807) is 17.0 Å². The Morgan fingerprint density at radius 2 is 1.75 bits per heavy atom. The fraction of sp³-hybridized carbons (Fsp3) is 0.300. The van der Waals surface area contributed by atoms with Crippen LogP contribution in [0, 0.1) is 0 Å². The van der Waals surface area contributed by atoms with Crippen molar-refractivity contribution < 1.29 is 19.5 Å². The Kier molecular flexibility index (Phi) is 7.08. The zero-order valence-electron chi connectivity index (χ0n) is 16.1. The monoisotopic (exact) mass is 384 g/mol. The van der Waals surface area contributed by atoms with Crippen LogP contribution in [0.4, 0.5) is 10.5 Å². The van der Waals surface area contributed by atoms with Crippen LogP contribution in [0.1, 0.15) is 53.2 Å². The second kappa shape index (κ2) is 9.50. The Morgan fingerprint density at radius 1 is 1.11 bits per heavy atom. The summed E-state index contributed by atoms with van der Waals surface area (Å²) in [6.07, 6.45) is 1.29. The lowest BCUT2D eigenvalue weighted by Crippen LogP contribution is -2.34. The van der Waals surface area contributed by atoms with Crippen LogP contribution < -0.4 is 10.6 Å². The molecule has 0 aliphatic rings. The van der Waals surface area contributed by atoms with Gasteiger partial charge in [0.25, 0.3) is 5.91 Å². The third kappa shape index (κ3) is 5.29. The lowest BCUT2D eigenvalue weighted by molar-refractivity contribution is 0.0696. The number of aromatic nitrogens is 1. The third-order valence-electron chi connectivity index (χ3n) is 4.30. The molecule has 1 atom stereocenters. The first-order valence-electron chi connectivity index (χ1n) is 9.01. The minimum atomic E-state index is -1.12. The van der Waals surface area contributed by atoms with Gasteiger partial charge in [-0.25, -0.2) is 9.59 Å². The first kappa shape index (κ1) is 20.9. The van der Waals surface area contributed by atoms with Gasteiger partial charge < -0.3 is 20.6 Å². The molecule has 0 aliphatic heterocycles. The largest absolute Gasteiger partial charge is 0.478 e. The van der Waals surface area contributed by atoms with Crippen LogP contribution in [-0.2, 0) is 0 Å². The van der Waals surface area contributed by atoms with Crippen LogP contribution in [-0.4, -0.2) is 46.0 Å². The first-order chi connectivity index (χ1) is 13.3. The molecular formula is C20H24N4O4. The average Bonchev–Trinajstić information content (AvgIpc) is 2.69. The number of hydrogen-bond donors (Lipinski definition) is 3. The maximum absolute atomic E-state index is 12.3. The minimum absolute atomic E-state index is 0.00102. The maximum Gasteiger partial charge on any atom is 0.335 e. The molecule has 0 fully saturated rings. The molecule has 3 N–H and O–H groups in total. The van der Waals surface area contributed by atoms with Crippen molar-refractivity contribution in [3.63, 3.8) is 0 Å². The van der Waals surface area contributed by atoms with Gasteiger partial charge in [-0.15, -0.1) is 0 Å². The number of benzene rings is 1. The van der Waals surface area contributed by atoms with Crippen LogP contribution in [0.3, 0.4) is 0 Å². The number of urea groups is 1. The Balaban J connectivity index is 2.01. The molecule has 148 valence electrons. The number of carbonyl (C=O) groups is 3. The van der Waals surface area contributed by atoms with Crippen LogP contribution in [0.5, 0.6) is 0 Å². The number of aromatic carboxylic acids is 1. The number of carbonyl (C=O) groups excluding carboxylic acids is 2. The van der Waals surface area contributed by atoms with Crippen molar-refractivity contribution in [2.45, 2.75) is 26.8 Å². The van der Waals surface area contributed by atoms with E-state index >= 15 is 0 Å². The van der Waals surface area contributed by atoms with Gasteiger partial charge in [0, 0.05) is 25.0 Å². The topological polar surface area (TPSA) is 112 Å². The smallest absolute Gasteiger partial charge is 0.335 e. The van der Waals surface area contributed by atoms with E-state index in [-0.39, 0.29) is 23.3 Å². The van der Waals surface area contributed by atoms with Gasteiger partial charge in [0.15, 0.2) is 0 Å². The van der Waals surface area contributed by atoms with Crippen molar-refractivity contribution in [3.8, 4) is 0 Å². The molecule has 2 aromatic rings. The molecule has 0 radical (unpaired) electrons. The van der Waals surface area contributed by atoms with Crippen LogP contribution in [0.25, 0.3) is 0 Å². The van der Waals surface area contributed by atoms with E-state index in [1.165, 1.54) is 18.3 Å². The van der Waals surface area contributed by atoms with Gasteiger partial charge in [0.05, 0.1) is 11.6 Å². The zero-order valence-corrected chi connectivity index (χ0v) is 16.1. The van der Waals surface area contributed by atoms with Crippen LogP contribution in [0.15, 0.2) is 42.6 Å². The Labute approximate surface area is 163 Å². The van der Waals surface area contributed by atoms with Gasteiger partial charge in [-0.05, 0) is 50.6 Å². The van der Waals surface area contributed by atoms with E-state index in [0.717, 1.165) is 5.56 Å². The molecule has 28 heavy (non-hydrogen) atoms. The van der Waals surface area contributed by atoms with E-state index < -0.39 is 11.9 Å². The molecule has 0 aliphatic carbocycles. The molecule has 0 saturated heterocycles. The molecule has 1 unspecified atom stereocenters. The number of nitrogens with one attached hydrogen (secondary N) is 2. The fourth-order valence-electron chi connectivity index (χ4n) is 2.61. The molecule has 0 bridgehead atoms. The van der Waals surface area contributed by atoms with Crippen molar-refractivity contribution in [1.82, 2.24) is 15.2 Å². The summed E-state index contributed by atoms with van der Waals surface area (Å²) in [6.45, 7) is 6.89. The Hall–Kier alpha value is -3.42. The summed E-state index contributed by atoms with van der Waals surface area (Å²) in [5.74, 6) is -1.58. The number of pyridine rings is 1. The van der Waals surface area contributed by atoms with Gasteiger partial charge in [-0.3, -0.25) is 9.78 Å². The molecule has 0 saturated carbocycles. The van der Waals surface area contributed by atoms with E-state index in [0.29, 0.717) is 18.8 Å². The highest BCUT2D eigenvalue weighted by Gasteiger charge is 2.15. The highest BCUT2D eigenvalue weighted by Crippen LogP contribution is 2.17. The lowest BCUT2D eigenvalue weighted by Gasteiger charge is -2.19. The van der Waals surface area contributed by atoms with Gasteiger partial charge in [0.1, 0.15) is 5.69 Å². The zero-order chi connectivity index (χ0) is 20.7. The molecule has 2 rings (SSSR count). The van der Waals surface area contributed by atoms with Crippen molar-refractivity contribution >= 4 is 23.6 Å². The SMILES string of the molecule is CCN(CC)C(=O)Nc1ccc(C(C)NC(=O)c2cc(C(=O)O)ccn2)cc1. The Bertz CT molecular complexity index is 848. The third-order valence-corrected chi connectivity index (χ3v) is 4.30. The normalized spacial score (nSPS) is 11.4. The van der Waals surface area contributed by atoms with E-state index in [4.69, 9.17) is 5.11 Å². The van der Waals surface area contributed by atoms with Crippen molar-refractivity contribution in [3.05, 3.63) is 59.4 Å². The first-order valence-corrected chi connectivity index (χ1v) is 9.01. The van der Waals surface area contributed by atoms with Gasteiger partial charge in [-0.2, -0.15) is 0 Å². The summed E-state index contributed by atoms with van der Waals surface area (Å²) < 4.78 is 0. The summed E-state index contributed by atoms with van der Waals surface area (Å²) in [6, 6.07) is 9.22. The molecule has 1 heterocycles. The van der Waals surface area contributed by atoms with Crippen molar-refractivity contribution in [1.29, 1.82) is 0 Å². The molecule has 8 nitrogen and oxygen atoms in total. The molecular weight excluding hydrogens is 360 g/mol. The number of nitrogens with zero attached hydrogens (tertiary/aromatic N) is 2. The van der Waals surface area contributed by atoms with Crippen molar-refractivity contribution in [2.24, 2.45) is 0 Å². The number of carboxylic acid groups (broad SMARTS) is 1. The van der Waals surface area contributed by atoms with Gasteiger partial charge >= 0.3 is 12.0 Å². The maximum atomic E-state index is 12.3. The van der Waals surface area contributed by atoms with Crippen molar-refractivity contribution in [2.75, 3.05) is 18.4 Å². The van der Waals surface area contributed by atoms with E-state index in [9.17, 15) is 14.4 Å². The molecule has 3 amide bonds. The quantitative estimate of drug-likeness (QED) is 0.679. The minimum Gasteiger partial charge on any atom is -0.478 e. The van der Waals surface area contributed by atoms with Crippen LogP contribution in [0.2, 0.25) is 0 Å². The highest BCUT2D eigenvalue weighted by molar-refractivity contribution is 5.96. The second-order valence-corrected chi connectivity index (χ2v) is 6.15. The molecule has 8 heteroatoms. The highest BCUT2D eigenvalue weighted by atomic mass is 16.4. The molecule has 0 spiro atoms. The summed E-state index contributed by atoms with van der Waals surface area (Å²) in [5.41, 5.74) is 1.54. The second-order valence-electron chi connectivity index (χ2n) is 6.15. The summed E-state index contributed by atoms with van der Waals surface area (Å²) in [5, 5.41) is 14.6. The predicted octanol–water partition coefficient (Wildman–Crippen LogP) is 3.14. The number of anilines is 1. The number of rotatable bonds is 7.